The van der Waals surface area contributed by atoms with Gasteiger partial charge in [-0.2, -0.15) is 0 Å². The first kappa shape index (κ1) is 20.2. The van der Waals surface area contributed by atoms with E-state index in [2.05, 4.69) is 30.4 Å². The Balaban J connectivity index is 1.78. The Morgan fingerprint density at radius 2 is 2.07 bits per heavy atom. The van der Waals surface area contributed by atoms with Crippen molar-refractivity contribution >= 4 is 11.8 Å². The highest BCUT2D eigenvalue weighted by atomic mass is 16.5. The van der Waals surface area contributed by atoms with Crippen molar-refractivity contribution in [2.75, 3.05) is 18.5 Å². The van der Waals surface area contributed by atoms with Crippen LogP contribution >= 0.6 is 0 Å². The standard InChI is InChI=1S/C23H29NO4/c1-4-17-8-11-21(16(3)13-17)28-15-19-10-9-18(22-7-6-12-27-22)14-20(19)24-23(25)26-5-2/h8-11,13-14,22H,4-7,12,15H2,1-3H3,(H,24,25). The maximum absolute atomic E-state index is 12.0. The molecule has 1 heterocycles. The molecule has 2 aromatic rings. The SMILES string of the molecule is CCOC(=O)Nc1cc(C2CCCO2)ccc1COc1ccc(CC)cc1C. The molecular weight excluding hydrogens is 354 g/mol. The van der Waals surface area contributed by atoms with Gasteiger partial charge in [0.25, 0.3) is 0 Å². The number of hydrogen-bond donors (Lipinski definition) is 1. The van der Waals surface area contributed by atoms with E-state index in [4.69, 9.17) is 14.2 Å². The van der Waals surface area contributed by atoms with E-state index in [1.165, 1.54) is 5.56 Å². The number of amides is 1. The van der Waals surface area contributed by atoms with E-state index in [1.807, 2.05) is 25.1 Å². The Morgan fingerprint density at radius 1 is 1.21 bits per heavy atom. The van der Waals surface area contributed by atoms with Crippen LogP contribution in [0.2, 0.25) is 0 Å². The van der Waals surface area contributed by atoms with Gasteiger partial charge < -0.3 is 14.2 Å². The second-order valence-electron chi connectivity index (χ2n) is 7.01. The second kappa shape index (κ2) is 9.60. The lowest BCUT2D eigenvalue weighted by atomic mass is 10.0. The van der Waals surface area contributed by atoms with Gasteiger partial charge in [-0.15, -0.1) is 0 Å². The number of carbonyl (C=O) groups excluding carboxylic acids is 1. The van der Waals surface area contributed by atoms with Crippen LogP contribution < -0.4 is 10.1 Å². The molecule has 0 radical (unpaired) electrons. The second-order valence-corrected chi connectivity index (χ2v) is 7.01. The zero-order valence-electron chi connectivity index (χ0n) is 16.9. The first-order valence-corrected chi connectivity index (χ1v) is 10.0. The topological polar surface area (TPSA) is 56.8 Å². The Hall–Kier alpha value is -2.53. The molecule has 1 atom stereocenters. The minimum absolute atomic E-state index is 0.0848. The number of anilines is 1. The van der Waals surface area contributed by atoms with Crippen LogP contribution in [0.25, 0.3) is 0 Å². The number of hydrogen-bond acceptors (Lipinski definition) is 4. The first-order valence-electron chi connectivity index (χ1n) is 10.0. The molecular formula is C23H29NO4. The van der Waals surface area contributed by atoms with E-state index in [1.54, 1.807) is 6.92 Å². The fourth-order valence-corrected chi connectivity index (χ4v) is 3.40. The third-order valence-corrected chi connectivity index (χ3v) is 4.98. The lowest BCUT2D eigenvalue weighted by Gasteiger charge is -2.17. The average Bonchev–Trinajstić information content (AvgIpc) is 3.22. The van der Waals surface area contributed by atoms with Crippen LogP contribution in [0.3, 0.4) is 0 Å². The number of ether oxygens (including phenoxy) is 3. The predicted molar refractivity (Wildman–Crippen MR) is 110 cm³/mol. The quantitative estimate of drug-likeness (QED) is 0.680. The third-order valence-electron chi connectivity index (χ3n) is 4.98. The molecule has 28 heavy (non-hydrogen) atoms. The summed E-state index contributed by atoms with van der Waals surface area (Å²) in [6, 6.07) is 12.3. The Kier molecular flexibility index (Phi) is 6.93. The van der Waals surface area contributed by atoms with Gasteiger partial charge in [-0.05, 0) is 61.9 Å². The van der Waals surface area contributed by atoms with E-state index in [9.17, 15) is 4.79 Å². The summed E-state index contributed by atoms with van der Waals surface area (Å²) in [5.41, 5.74) is 5.06. The van der Waals surface area contributed by atoms with Crippen molar-refractivity contribution in [1.82, 2.24) is 0 Å². The first-order chi connectivity index (χ1) is 13.6. The van der Waals surface area contributed by atoms with Crippen molar-refractivity contribution in [3.63, 3.8) is 0 Å². The molecule has 0 aliphatic carbocycles. The number of nitrogens with one attached hydrogen (secondary N) is 1. The van der Waals surface area contributed by atoms with Gasteiger partial charge in [-0.3, -0.25) is 5.32 Å². The highest BCUT2D eigenvalue weighted by molar-refractivity contribution is 5.85. The van der Waals surface area contributed by atoms with E-state index in [0.717, 1.165) is 48.3 Å². The van der Waals surface area contributed by atoms with E-state index in [0.29, 0.717) is 18.9 Å². The number of aryl methyl sites for hydroxylation is 2. The fraction of sp³-hybridized carbons (Fsp3) is 0.435. The summed E-state index contributed by atoms with van der Waals surface area (Å²) < 4.78 is 16.9. The monoisotopic (exact) mass is 383 g/mol. The Labute approximate surface area is 167 Å². The maximum atomic E-state index is 12.0. The molecule has 3 rings (SSSR count). The summed E-state index contributed by atoms with van der Waals surface area (Å²) in [7, 11) is 0. The molecule has 0 bridgehead atoms. The molecule has 1 saturated heterocycles. The fourth-order valence-electron chi connectivity index (χ4n) is 3.40. The van der Waals surface area contributed by atoms with Gasteiger partial charge in [0.1, 0.15) is 12.4 Å². The highest BCUT2D eigenvalue weighted by Crippen LogP contribution is 2.32. The molecule has 1 unspecified atom stereocenters. The summed E-state index contributed by atoms with van der Waals surface area (Å²) in [5.74, 6) is 0.850. The third kappa shape index (κ3) is 5.04. The van der Waals surface area contributed by atoms with Crippen LogP contribution in [0.15, 0.2) is 36.4 Å². The summed E-state index contributed by atoms with van der Waals surface area (Å²) in [4.78, 5) is 12.0. The van der Waals surface area contributed by atoms with Crippen molar-refractivity contribution in [3.05, 3.63) is 58.7 Å². The molecule has 5 nitrogen and oxygen atoms in total. The highest BCUT2D eigenvalue weighted by Gasteiger charge is 2.19. The van der Waals surface area contributed by atoms with Crippen LogP contribution in [0.1, 0.15) is 55.0 Å². The van der Waals surface area contributed by atoms with Crippen molar-refractivity contribution in [3.8, 4) is 5.75 Å². The Morgan fingerprint density at radius 3 is 2.75 bits per heavy atom. The smallest absolute Gasteiger partial charge is 0.411 e. The molecule has 5 heteroatoms. The molecule has 1 aliphatic rings. The van der Waals surface area contributed by atoms with Gasteiger partial charge >= 0.3 is 6.09 Å². The number of rotatable bonds is 7. The average molecular weight is 383 g/mol. The van der Waals surface area contributed by atoms with E-state index in [-0.39, 0.29) is 6.10 Å². The predicted octanol–water partition coefficient (Wildman–Crippen LogP) is 5.56. The molecule has 1 aliphatic heterocycles. The maximum Gasteiger partial charge on any atom is 0.411 e. The van der Waals surface area contributed by atoms with Gasteiger partial charge in [0.2, 0.25) is 0 Å². The summed E-state index contributed by atoms with van der Waals surface area (Å²) >= 11 is 0. The molecule has 1 fully saturated rings. The molecule has 0 saturated carbocycles. The lowest BCUT2D eigenvalue weighted by molar-refractivity contribution is 0.112. The molecule has 1 amide bonds. The Bertz CT molecular complexity index is 812. The molecule has 2 aromatic carbocycles. The van der Waals surface area contributed by atoms with Gasteiger partial charge in [0.05, 0.1) is 18.4 Å². The van der Waals surface area contributed by atoms with Crippen LogP contribution in [0.5, 0.6) is 5.75 Å². The molecule has 0 spiro atoms. The van der Waals surface area contributed by atoms with Crippen LogP contribution in [-0.2, 0) is 22.5 Å². The summed E-state index contributed by atoms with van der Waals surface area (Å²) in [6.07, 6.45) is 2.68. The largest absolute Gasteiger partial charge is 0.489 e. The van der Waals surface area contributed by atoms with Crippen molar-refractivity contribution in [2.24, 2.45) is 0 Å². The summed E-state index contributed by atoms with van der Waals surface area (Å²) in [5, 5.41) is 2.85. The van der Waals surface area contributed by atoms with Gasteiger partial charge in [-0.25, -0.2) is 4.79 Å². The molecule has 1 N–H and O–H groups in total. The minimum Gasteiger partial charge on any atom is -0.489 e. The minimum atomic E-state index is -0.461. The van der Waals surface area contributed by atoms with Crippen LogP contribution in [0.4, 0.5) is 10.5 Å². The molecule has 150 valence electrons. The number of carbonyl (C=O) groups is 1. The van der Waals surface area contributed by atoms with Gasteiger partial charge in [-0.1, -0.05) is 31.2 Å². The van der Waals surface area contributed by atoms with Crippen molar-refractivity contribution in [2.45, 2.75) is 52.7 Å². The number of benzene rings is 2. The normalized spacial score (nSPS) is 16.0. The zero-order valence-corrected chi connectivity index (χ0v) is 16.9. The zero-order chi connectivity index (χ0) is 19.9. The van der Waals surface area contributed by atoms with Crippen molar-refractivity contribution < 1.29 is 19.0 Å². The van der Waals surface area contributed by atoms with E-state index >= 15 is 0 Å². The van der Waals surface area contributed by atoms with Crippen LogP contribution in [0, 0.1) is 6.92 Å². The van der Waals surface area contributed by atoms with Crippen molar-refractivity contribution in [1.29, 1.82) is 0 Å². The lowest BCUT2D eigenvalue weighted by Crippen LogP contribution is -2.15. The van der Waals surface area contributed by atoms with Gasteiger partial charge in [0, 0.05) is 12.2 Å². The summed E-state index contributed by atoms with van der Waals surface area (Å²) in [6.45, 7) is 7.44. The van der Waals surface area contributed by atoms with Gasteiger partial charge in [0.15, 0.2) is 0 Å². The van der Waals surface area contributed by atoms with E-state index < -0.39 is 6.09 Å². The van der Waals surface area contributed by atoms with Crippen LogP contribution in [-0.4, -0.2) is 19.3 Å². The molecule has 0 aromatic heterocycles.